The molecule has 1 atom stereocenters. The van der Waals surface area contributed by atoms with Gasteiger partial charge in [-0.3, -0.25) is 0 Å². The van der Waals surface area contributed by atoms with Gasteiger partial charge in [-0.1, -0.05) is 19.9 Å². The van der Waals surface area contributed by atoms with E-state index >= 15 is 0 Å². The number of nitrogens with zero attached hydrogens (tertiary/aromatic N) is 3. The van der Waals surface area contributed by atoms with Crippen LogP contribution >= 0.6 is 0 Å². The Bertz CT molecular complexity index is 684. The zero-order chi connectivity index (χ0) is 22.1. The van der Waals surface area contributed by atoms with Crippen molar-refractivity contribution in [2.45, 2.75) is 33.5 Å². The lowest BCUT2D eigenvalue weighted by Crippen LogP contribution is -2.48. The van der Waals surface area contributed by atoms with Crippen LogP contribution < -0.4 is 10.6 Å². The molecule has 0 radical (unpaired) electrons. The first kappa shape index (κ1) is 24.4. The van der Waals surface area contributed by atoms with Crippen molar-refractivity contribution in [1.82, 2.24) is 20.4 Å². The molecule has 1 aromatic carbocycles. The maximum atomic E-state index is 13.3. The van der Waals surface area contributed by atoms with Crippen LogP contribution in [0.15, 0.2) is 23.2 Å². The average Bonchev–Trinajstić information content (AvgIpc) is 2.70. The van der Waals surface area contributed by atoms with E-state index in [0.29, 0.717) is 31.0 Å². The molecule has 1 aromatic rings. The Labute approximate surface area is 176 Å². The number of halogens is 4. The molecule has 0 aliphatic carbocycles. The molecule has 0 spiro atoms. The molecule has 1 unspecified atom stereocenters. The highest BCUT2D eigenvalue weighted by Crippen LogP contribution is 2.32. The highest BCUT2D eigenvalue weighted by atomic mass is 19.4. The molecule has 1 heterocycles. The number of nitrogens with one attached hydrogen (secondary N) is 2. The second kappa shape index (κ2) is 11.5. The smallest absolute Gasteiger partial charge is 0.357 e. The third kappa shape index (κ3) is 7.75. The SMILES string of the molecule is CCNC(=NCc1ccc(F)cc1C(F)(F)F)NCC(C)CN1CCN(CC)CC1. The standard InChI is InChI=1S/C21H33F4N5/c1-4-26-20(27-13-16(3)15-30-10-8-29(5-2)9-11-30)28-14-17-6-7-18(22)12-19(17)21(23,24)25/h6-7,12,16H,4-5,8-11,13-15H2,1-3H3,(H2,26,27,28). The number of benzene rings is 1. The van der Waals surface area contributed by atoms with Gasteiger partial charge in [0.05, 0.1) is 12.1 Å². The second-order valence-corrected chi connectivity index (χ2v) is 7.72. The molecule has 0 aromatic heterocycles. The van der Waals surface area contributed by atoms with E-state index in [1.807, 2.05) is 6.92 Å². The van der Waals surface area contributed by atoms with Gasteiger partial charge in [0.1, 0.15) is 5.82 Å². The fourth-order valence-electron chi connectivity index (χ4n) is 3.52. The van der Waals surface area contributed by atoms with Crippen molar-refractivity contribution >= 4 is 5.96 Å². The molecule has 170 valence electrons. The van der Waals surface area contributed by atoms with Crippen LogP contribution in [0.2, 0.25) is 0 Å². The maximum Gasteiger partial charge on any atom is 0.416 e. The minimum absolute atomic E-state index is 0.0528. The lowest BCUT2D eigenvalue weighted by atomic mass is 10.1. The fourth-order valence-corrected chi connectivity index (χ4v) is 3.52. The Balaban J connectivity index is 1.92. The Kier molecular flexibility index (Phi) is 9.36. The number of likely N-dealkylation sites (N-methyl/N-ethyl adjacent to an activating group) is 1. The lowest BCUT2D eigenvalue weighted by molar-refractivity contribution is -0.138. The van der Waals surface area contributed by atoms with E-state index in [1.165, 1.54) is 0 Å². The first-order chi connectivity index (χ1) is 14.2. The molecule has 9 heteroatoms. The van der Waals surface area contributed by atoms with Gasteiger partial charge in [0.2, 0.25) is 0 Å². The summed E-state index contributed by atoms with van der Waals surface area (Å²) in [6.07, 6.45) is -4.62. The first-order valence-electron chi connectivity index (χ1n) is 10.5. The molecule has 1 aliphatic rings. The van der Waals surface area contributed by atoms with E-state index < -0.39 is 17.6 Å². The van der Waals surface area contributed by atoms with Gasteiger partial charge >= 0.3 is 6.18 Å². The Hall–Kier alpha value is -1.87. The maximum absolute atomic E-state index is 13.3. The average molecular weight is 432 g/mol. The molecular weight excluding hydrogens is 398 g/mol. The Morgan fingerprint density at radius 1 is 1.10 bits per heavy atom. The minimum Gasteiger partial charge on any atom is -0.357 e. The molecule has 0 amide bonds. The van der Waals surface area contributed by atoms with E-state index in [-0.39, 0.29) is 12.1 Å². The molecular formula is C21H33F4N5. The number of aliphatic imine (C=N–C) groups is 1. The van der Waals surface area contributed by atoms with Gasteiger partial charge < -0.3 is 20.4 Å². The number of guanidine groups is 1. The predicted molar refractivity (Wildman–Crippen MR) is 112 cm³/mol. The fraction of sp³-hybridized carbons (Fsp3) is 0.667. The molecule has 30 heavy (non-hydrogen) atoms. The molecule has 0 saturated carbocycles. The van der Waals surface area contributed by atoms with E-state index in [1.54, 1.807) is 0 Å². The van der Waals surface area contributed by atoms with Crippen molar-refractivity contribution in [3.05, 3.63) is 35.1 Å². The summed E-state index contributed by atoms with van der Waals surface area (Å²) >= 11 is 0. The number of hydrogen-bond donors (Lipinski definition) is 2. The first-order valence-corrected chi connectivity index (χ1v) is 10.5. The zero-order valence-corrected chi connectivity index (χ0v) is 18.0. The summed E-state index contributed by atoms with van der Waals surface area (Å²) < 4.78 is 52.8. The summed E-state index contributed by atoms with van der Waals surface area (Å²) in [6, 6.07) is 2.69. The summed E-state index contributed by atoms with van der Waals surface area (Å²) in [5.41, 5.74) is -1.04. The van der Waals surface area contributed by atoms with Gasteiger partial charge in [-0.15, -0.1) is 0 Å². The highest BCUT2D eigenvalue weighted by Gasteiger charge is 2.33. The number of alkyl halides is 3. The molecule has 0 bridgehead atoms. The van der Waals surface area contributed by atoms with Crippen molar-refractivity contribution in [2.75, 3.05) is 52.4 Å². The summed E-state index contributed by atoms with van der Waals surface area (Å²) in [7, 11) is 0. The van der Waals surface area contributed by atoms with Gasteiger partial charge in [0, 0.05) is 45.8 Å². The van der Waals surface area contributed by atoms with Crippen LogP contribution in [-0.2, 0) is 12.7 Å². The number of piperazine rings is 1. The molecule has 1 fully saturated rings. The minimum atomic E-state index is -4.62. The van der Waals surface area contributed by atoms with Crippen molar-refractivity contribution in [1.29, 1.82) is 0 Å². The van der Waals surface area contributed by atoms with E-state index in [2.05, 4.69) is 39.3 Å². The van der Waals surface area contributed by atoms with Crippen LogP contribution in [-0.4, -0.2) is 68.1 Å². The number of hydrogen-bond acceptors (Lipinski definition) is 3. The molecule has 2 N–H and O–H groups in total. The normalized spacial score (nSPS) is 17.8. The summed E-state index contributed by atoms with van der Waals surface area (Å²) in [4.78, 5) is 9.15. The third-order valence-corrected chi connectivity index (χ3v) is 5.23. The molecule has 1 aliphatic heterocycles. The largest absolute Gasteiger partial charge is 0.416 e. The molecule has 2 rings (SSSR count). The van der Waals surface area contributed by atoms with Crippen LogP contribution in [0.3, 0.4) is 0 Å². The zero-order valence-electron chi connectivity index (χ0n) is 18.0. The summed E-state index contributed by atoms with van der Waals surface area (Å²) in [5.74, 6) is -0.0927. The lowest BCUT2D eigenvalue weighted by Gasteiger charge is -2.35. The van der Waals surface area contributed by atoms with Crippen LogP contribution in [0, 0.1) is 11.7 Å². The van der Waals surface area contributed by atoms with Crippen LogP contribution in [0.25, 0.3) is 0 Å². The van der Waals surface area contributed by atoms with Gasteiger partial charge in [-0.05, 0) is 37.1 Å². The molecule has 1 saturated heterocycles. The van der Waals surface area contributed by atoms with Crippen LogP contribution in [0.5, 0.6) is 0 Å². The van der Waals surface area contributed by atoms with E-state index in [4.69, 9.17) is 0 Å². The van der Waals surface area contributed by atoms with Gasteiger partial charge in [0.15, 0.2) is 5.96 Å². The van der Waals surface area contributed by atoms with E-state index in [9.17, 15) is 17.6 Å². The number of rotatable bonds is 8. The van der Waals surface area contributed by atoms with E-state index in [0.717, 1.165) is 51.4 Å². The van der Waals surface area contributed by atoms with Crippen molar-refractivity contribution < 1.29 is 17.6 Å². The van der Waals surface area contributed by atoms with Crippen LogP contribution in [0.4, 0.5) is 17.6 Å². The van der Waals surface area contributed by atoms with Gasteiger partial charge in [-0.25, -0.2) is 9.38 Å². The quantitative estimate of drug-likeness (QED) is 0.377. The van der Waals surface area contributed by atoms with Crippen molar-refractivity contribution in [2.24, 2.45) is 10.9 Å². The Morgan fingerprint density at radius 2 is 1.77 bits per heavy atom. The van der Waals surface area contributed by atoms with Gasteiger partial charge in [0.25, 0.3) is 0 Å². The monoisotopic (exact) mass is 431 g/mol. The van der Waals surface area contributed by atoms with Crippen molar-refractivity contribution in [3.8, 4) is 0 Å². The Morgan fingerprint density at radius 3 is 2.37 bits per heavy atom. The highest BCUT2D eigenvalue weighted by molar-refractivity contribution is 5.79. The summed E-state index contributed by atoms with van der Waals surface area (Å²) in [5, 5.41) is 6.27. The van der Waals surface area contributed by atoms with Crippen molar-refractivity contribution in [3.63, 3.8) is 0 Å². The van der Waals surface area contributed by atoms with Crippen LogP contribution in [0.1, 0.15) is 31.9 Å². The molecule has 5 nitrogen and oxygen atoms in total. The predicted octanol–water partition coefficient (Wildman–Crippen LogP) is 3.17. The topological polar surface area (TPSA) is 42.9 Å². The third-order valence-electron chi connectivity index (χ3n) is 5.23. The summed E-state index contributed by atoms with van der Waals surface area (Å²) in [6.45, 7) is 13.6. The second-order valence-electron chi connectivity index (χ2n) is 7.72. The van der Waals surface area contributed by atoms with Gasteiger partial charge in [-0.2, -0.15) is 13.2 Å².